The molecule has 0 spiro atoms. The fourth-order valence-electron chi connectivity index (χ4n) is 3.69. The summed E-state index contributed by atoms with van der Waals surface area (Å²) >= 11 is 0. The van der Waals surface area contributed by atoms with Crippen molar-refractivity contribution in [2.45, 2.75) is 12.2 Å². The molecule has 2 bridgehead atoms. The van der Waals surface area contributed by atoms with Gasteiger partial charge in [0.05, 0.1) is 36.2 Å². The number of nitrogens with zero attached hydrogens (tertiary/aromatic N) is 1. The smallest absolute Gasteiger partial charge is 0.338 e. The number of anilines is 2. The molecule has 25 heavy (non-hydrogen) atoms. The Morgan fingerprint density at radius 2 is 1.60 bits per heavy atom. The molecule has 1 aromatic rings. The van der Waals surface area contributed by atoms with Crippen LogP contribution >= 0.6 is 0 Å². The minimum atomic E-state index is -0.608. The average Bonchev–Trinajstić information content (AvgIpc) is 3.23. The number of ether oxygens (including phenoxy) is 2. The van der Waals surface area contributed by atoms with E-state index >= 15 is 0 Å². The average molecular weight is 343 g/mol. The Morgan fingerprint density at radius 3 is 2.16 bits per heavy atom. The largest absolute Gasteiger partial charge is 0.460 e. The van der Waals surface area contributed by atoms with Gasteiger partial charge in [0.25, 0.3) is 0 Å². The Labute approximate surface area is 143 Å². The zero-order valence-electron chi connectivity index (χ0n) is 13.3. The second kappa shape index (κ2) is 5.59. The number of hydrogen-bond acceptors (Lipinski definition) is 7. The van der Waals surface area contributed by atoms with Gasteiger partial charge in [0, 0.05) is 11.4 Å². The van der Waals surface area contributed by atoms with Gasteiger partial charge in [0.15, 0.2) is 0 Å². The van der Waals surface area contributed by atoms with Gasteiger partial charge in [0.1, 0.15) is 6.61 Å². The molecule has 4 atom stereocenters. The fraction of sp³-hybridized carbons (Fsp3) is 0.353. The van der Waals surface area contributed by atoms with Gasteiger partial charge in [-0.15, -0.1) is 0 Å². The zero-order chi connectivity index (χ0) is 17.7. The molecule has 2 saturated heterocycles. The van der Waals surface area contributed by atoms with Crippen molar-refractivity contribution in [3.8, 4) is 0 Å². The third-order valence-electron chi connectivity index (χ3n) is 4.76. The van der Waals surface area contributed by atoms with Gasteiger partial charge in [-0.3, -0.25) is 14.5 Å². The number of imide groups is 1. The Morgan fingerprint density at radius 1 is 1.04 bits per heavy atom. The van der Waals surface area contributed by atoms with E-state index in [1.54, 1.807) is 0 Å². The SMILES string of the molecule is Nc1cc(N)cc(C(=O)OCCN2C(=O)C3C4C=CC(O4)C3C2=O)c1. The van der Waals surface area contributed by atoms with Gasteiger partial charge in [-0.25, -0.2) is 4.79 Å². The molecule has 0 saturated carbocycles. The second-order valence-electron chi connectivity index (χ2n) is 6.35. The summed E-state index contributed by atoms with van der Waals surface area (Å²) in [6.07, 6.45) is 3.00. The Kier molecular flexibility index (Phi) is 3.50. The second-order valence-corrected chi connectivity index (χ2v) is 6.35. The molecule has 4 unspecified atom stereocenters. The predicted molar refractivity (Wildman–Crippen MR) is 87.1 cm³/mol. The first kappa shape index (κ1) is 15.6. The van der Waals surface area contributed by atoms with Gasteiger partial charge in [-0.05, 0) is 18.2 Å². The van der Waals surface area contributed by atoms with Crippen LogP contribution in [0.4, 0.5) is 11.4 Å². The van der Waals surface area contributed by atoms with E-state index in [1.807, 2.05) is 12.2 Å². The van der Waals surface area contributed by atoms with Crippen LogP contribution < -0.4 is 11.5 Å². The van der Waals surface area contributed by atoms with Gasteiger partial charge >= 0.3 is 5.97 Å². The first-order chi connectivity index (χ1) is 12.0. The number of carbonyl (C=O) groups excluding carboxylic acids is 3. The molecule has 0 radical (unpaired) electrons. The van der Waals surface area contributed by atoms with E-state index in [2.05, 4.69) is 0 Å². The molecule has 0 aromatic heterocycles. The number of carbonyl (C=O) groups is 3. The van der Waals surface area contributed by atoms with Crippen LogP contribution in [0, 0.1) is 11.8 Å². The molecule has 8 heteroatoms. The predicted octanol–water partition coefficient (Wildman–Crippen LogP) is -0.0538. The summed E-state index contributed by atoms with van der Waals surface area (Å²) in [5.41, 5.74) is 12.2. The summed E-state index contributed by atoms with van der Waals surface area (Å²) < 4.78 is 10.7. The molecule has 130 valence electrons. The number of fused-ring (bicyclic) bond motifs is 5. The van der Waals surface area contributed by atoms with E-state index in [0.717, 1.165) is 4.90 Å². The standard InChI is InChI=1S/C17H17N3O5/c18-9-5-8(6-10(19)7-9)17(23)24-4-3-20-15(21)13-11-1-2-12(25-11)14(13)16(20)22/h1-2,5-7,11-14H,3-4,18-19H2. The molecular weight excluding hydrogens is 326 g/mol. The maximum atomic E-state index is 12.4. The number of nitrogens with two attached hydrogens (primary N) is 2. The van der Waals surface area contributed by atoms with Crippen molar-refractivity contribution in [2.24, 2.45) is 11.8 Å². The van der Waals surface area contributed by atoms with E-state index in [0.29, 0.717) is 11.4 Å². The van der Waals surface area contributed by atoms with Crippen molar-refractivity contribution in [2.75, 3.05) is 24.6 Å². The van der Waals surface area contributed by atoms with E-state index in [1.165, 1.54) is 18.2 Å². The van der Waals surface area contributed by atoms with Crippen LogP contribution in [0.15, 0.2) is 30.4 Å². The maximum absolute atomic E-state index is 12.4. The zero-order valence-corrected chi connectivity index (χ0v) is 13.3. The molecule has 8 nitrogen and oxygen atoms in total. The molecule has 3 heterocycles. The highest BCUT2D eigenvalue weighted by Gasteiger charge is 2.60. The van der Waals surface area contributed by atoms with Crippen molar-refractivity contribution < 1.29 is 23.9 Å². The van der Waals surface area contributed by atoms with Gasteiger partial charge in [-0.1, -0.05) is 12.2 Å². The van der Waals surface area contributed by atoms with E-state index in [9.17, 15) is 14.4 Å². The molecule has 2 fully saturated rings. The summed E-state index contributed by atoms with van der Waals surface area (Å²) in [4.78, 5) is 38.1. The third kappa shape index (κ3) is 2.45. The monoisotopic (exact) mass is 343 g/mol. The van der Waals surface area contributed by atoms with Crippen LogP contribution in [0.25, 0.3) is 0 Å². The Balaban J connectivity index is 1.37. The molecule has 0 aliphatic carbocycles. The minimum Gasteiger partial charge on any atom is -0.460 e. The number of rotatable bonds is 4. The normalized spacial score (nSPS) is 29.4. The lowest BCUT2D eigenvalue weighted by Gasteiger charge is -2.17. The van der Waals surface area contributed by atoms with Crippen LogP contribution in [0.2, 0.25) is 0 Å². The number of likely N-dealkylation sites (tertiary alicyclic amines) is 1. The lowest BCUT2D eigenvalue weighted by molar-refractivity contribution is -0.143. The van der Waals surface area contributed by atoms with E-state index < -0.39 is 17.8 Å². The molecule has 3 aliphatic heterocycles. The highest BCUT2D eigenvalue weighted by molar-refractivity contribution is 6.06. The number of esters is 1. The van der Waals surface area contributed by atoms with Crippen LogP contribution in [-0.2, 0) is 19.1 Å². The Hall–Kier alpha value is -2.87. The van der Waals surface area contributed by atoms with Crippen molar-refractivity contribution in [1.29, 1.82) is 0 Å². The van der Waals surface area contributed by atoms with Crippen molar-refractivity contribution in [1.82, 2.24) is 4.90 Å². The quantitative estimate of drug-likeness (QED) is 0.340. The van der Waals surface area contributed by atoms with Crippen LogP contribution in [-0.4, -0.2) is 48.0 Å². The van der Waals surface area contributed by atoms with Gasteiger partial charge < -0.3 is 20.9 Å². The fourth-order valence-corrected chi connectivity index (χ4v) is 3.69. The Bertz CT molecular complexity index is 755. The van der Waals surface area contributed by atoms with Gasteiger partial charge in [0.2, 0.25) is 11.8 Å². The van der Waals surface area contributed by atoms with E-state index in [4.69, 9.17) is 20.9 Å². The third-order valence-corrected chi connectivity index (χ3v) is 4.76. The lowest BCUT2D eigenvalue weighted by Crippen LogP contribution is -2.37. The van der Waals surface area contributed by atoms with Crippen LogP contribution in [0.1, 0.15) is 10.4 Å². The topological polar surface area (TPSA) is 125 Å². The van der Waals surface area contributed by atoms with Crippen LogP contribution in [0.3, 0.4) is 0 Å². The number of nitrogen functional groups attached to an aromatic ring is 2. The van der Waals surface area contributed by atoms with Crippen molar-refractivity contribution in [3.63, 3.8) is 0 Å². The summed E-state index contributed by atoms with van der Waals surface area (Å²) in [6.45, 7) is -0.0677. The van der Waals surface area contributed by atoms with Gasteiger partial charge in [-0.2, -0.15) is 0 Å². The molecular formula is C17H17N3O5. The lowest BCUT2D eigenvalue weighted by atomic mass is 9.85. The summed E-state index contributed by atoms with van der Waals surface area (Å²) in [7, 11) is 0. The number of amides is 2. The summed E-state index contributed by atoms with van der Waals surface area (Å²) in [5.74, 6) is -2.05. The molecule has 2 amide bonds. The van der Waals surface area contributed by atoms with E-state index in [-0.39, 0.29) is 42.7 Å². The van der Waals surface area contributed by atoms with Crippen molar-refractivity contribution in [3.05, 3.63) is 35.9 Å². The summed E-state index contributed by atoms with van der Waals surface area (Å²) in [5, 5.41) is 0. The summed E-state index contributed by atoms with van der Waals surface area (Å²) in [6, 6.07) is 4.44. The van der Waals surface area contributed by atoms with Crippen LogP contribution in [0.5, 0.6) is 0 Å². The number of hydrogen-bond donors (Lipinski definition) is 2. The maximum Gasteiger partial charge on any atom is 0.338 e. The highest BCUT2D eigenvalue weighted by Crippen LogP contribution is 2.44. The first-order valence-corrected chi connectivity index (χ1v) is 7.98. The first-order valence-electron chi connectivity index (χ1n) is 7.98. The molecule has 3 aliphatic rings. The minimum absolute atomic E-state index is 0.0215. The molecule has 1 aromatic carbocycles. The molecule has 4 rings (SSSR count). The number of benzene rings is 1. The molecule has 4 N–H and O–H groups in total. The van der Waals surface area contributed by atoms with Crippen molar-refractivity contribution >= 4 is 29.2 Å². The highest BCUT2D eigenvalue weighted by atomic mass is 16.5.